The topological polar surface area (TPSA) is 29.9 Å². The van der Waals surface area contributed by atoms with Crippen LogP contribution < -0.4 is 5.32 Å². The molecule has 0 saturated heterocycles. The zero-order valence-corrected chi connectivity index (χ0v) is 13.5. The van der Waals surface area contributed by atoms with E-state index in [1.54, 1.807) is 0 Å². The van der Waals surface area contributed by atoms with Crippen molar-refractivity contribution in [3.05, 3.63) is 18.0 Å². The number of hydrogen-bond acceptors (Lipinski definition) is 2. The van der Waals surface area contributed by atoms with Crippen molar-refractivity contribution >= 4 is 0 Å². The third-order valence-electron chi connectivity index (χ3n) is 5.53. The lowest BCUT2D eigenvalue weighted by Crippen LogP contribution is -2.32. The highest BCUT2D eigenvalue weighted by Crippen LogP contribution is 2.69. The van der Waals surface area contributed by atoms with E-state index in [9.17, 15) is 0 Å². The van der Waals surface area contributed by atoms with E-state index in [1.165, 1.54) is 5.69 Å². The summed E-state index contributed by atoms with van der Waals surface area (Å²) in [7, 11) is 2.08. The van der Waals surface area contributed by atoms with Crippen LogP contribution in [0.3, 0.4) is 0 Å². The summed E-state index contributed by atoms with van der Waals surface area (Å²) in [6.45, 7) is 13.9. The van der Waals surface area contributed by atoms with Crippen LogP contribution in [-0.4, -0.2) is 22.9 Å². The average molecular weight is 263 g/mol. The van der Waals surface area contributed by atoms with Gasteiger partial charge in [0.1, 0.15) is 0 Å². The van der Waals surface area contributed by atoms with Crippen LogP contribution in [-0.2, 0) is 6.42 Å². The Labute approximate surface area is 117 Å². The summed E-state index contributed by atoms with van der Waals surface area (Å²) in [5, 5.41) is 8.19. The maximum absolute atomic E-state index is 4.68. The molecule has 0 spiro atoms. The van der Waals surface area contributed by atoms with Gasteiger partial charge >= 0.3 is 0 Å². The fourth-order valence-electron chi connectivity index (χ4n) is 3.64. The van der Waals surface area contributed by atoms with Crippen molar-refractivity contribution in [2.24, 2.45) is 16.7 Å². The summed E-state index contributed by atoms with van der Waals surface area (Å²) in [6.07, 6.45) is 3.11. The largest absolute Gasteiger partial charge is 0.316 e. The van der Waals surface area contributed by atoms with Gasteiger partial charge < -0.3 is 5.32 Å². The lowest BCUT2D eigenvalue weighted by Gasteiger charge is -2.17. The summed E-state index contributed by atoms with van der Waals surface area (Å²) in [5.74, 6) is 0.717. The second-order valence-corrected chi connectivity index (χ2v) is 7.40. The smallest absolute Gasteiger partial charge is 0.0640 e. The minimum Gasteiger partial charge on any atom is -0.316 e. The summed E-state index contributed by atoms with van der Waals surface area (Å²) in [6, 6.07) is 3.11. The maximum atomic E-state index is 4.68. The molecule has 3 nitrogen and oxygen atoms in total. The lowest BCUT2D eigenvalue weighted by molar-refractivity contribution is 0.414. The summed E-state index contributed by atoms with van der Waals surface area (Å²) in [4.78, 5) is 0. The first kappa shape index (κ1) is 14.6. The Balaban J connectivity index is 2.08. The number of nitrogens with one attached hydrogen (secondary N) is 1. The van der Waals surface area contributed by atoms with E-state index in [0.29, 0.717) is 28.8 Å². The van der Waals surface area contributed by atoms with Crippen molar-refractivity contribution < 1.29 is 0 Å². The number of aromatic nitrogens is 2. The molecule has 1 atom stereocenters. The molecule has 2 rings (SSSR count). The van der Waals surface area contributed by atoms with Crippen LogP contribution in [0.25, 0.3) is 0 Å². The number of rotatable bonds is 5. The van der Waals surface area contributed by atoms with Crippen molar-refractivity contribution in [1.29, 1.82) is 0 Å². The summed E-state index contributed by atoms with van der Waals surface area (Å²) >= 11 is 0. The molecule has 1 aromatic heterocycles. The van der Waals surface area contributed by atoms with Gasteiger partial charge in [0, 0.05) is 24.7 Å². The van der Waals surface area contributed by atoms with E-state index in [-0.39, 0.29) is 0 Å². The first-order valence-corrected chi connectivity index (χ1v) is 7.43. The van der Waals surface area contributed by atoms with Crippen molar-refractivity contribution in [3.63, 3.8) is 0 Å². The molecule has 1 heterocycles. The Morgan fingerprint density at radius 1 is 1.26 bits per heavy atom. The Bertz CT molecular complexity index is 429. The molecule has 1 saturated carbocycles. The number of nitrogens with zero attached hydrogens (tertiary/aromatic N) is 2. The second-order valence-electron chi connectivity index (χ2n) is 7.40. The Morgan fingerprint density at radius 2 is 1.84 bits per heavy atom. The van der Waals surface area contributed by atoms with Gasteiger partial charge in [0.05, 0.1) is 5.69 Å². The molecule has 0 aliphatic heterocycles. The van der Waals surface area contributed by atoms with Gasteiger partial charge in [0.15, 0.2) is 0 Å². The highest BCUT2D eigenvalue weighted by molar-refractivity contribution is 5.18. The zero-order chi connectivity index (χ0) is 14.4. The Kier molecular flexibility index (Phi) is 3.54. The summed E-state index contributed by atoms with van der Waals surface area (Å²) < 4.78 is 2.05. The molecule has 0 amide bonds. The van der Waals surface area contributed by atoms with Gasteiger partial charge in [-0.2, -0.15) is 5.10 Å². The van der Waals surface area contributed by atoms with Crippen LogP contribution in [0.4, 0.5) is 0 Å². The first-order valence-electron chi connectivity index (χ1n) is 7.43. The third kappa shape index (κ3) is 2.33. The zero-order valence-electron chi connectivity index (χ0n) is 13.5. The molecule has 1 unspecified atom stereocenters. The van der Waals surface area contributed by atoms with Crippen LogP contribution in [0.1, 0.15) is 53.3 Å². The monoisotopic (exact) mass is 263 g/mol. The highest BCUT2D eigenvalue weighted by atomic mass is 15.3. The normalized spacial score (nSPS) is 22.7. The standard InChI is InChI=1S/C16H29N3/c1-11(2)19-9-8-12(18-19)10-13(17-7)14-15(3,4)16(14,5)6/h8-9,11,13-14,17H,10H2,1-7H3. The van der Waals surface area contributed by atoms with Crippen LogP contribution in [0.2, 0.25) is 0 Å². The van der Waals surface area contributed by atoms with Gasteiger partial charge in [0.2, 0.25) is 0 Å². The lowest BCUT2D eigenvalue weighted by atomic mass is 10.00. The molecule has 1 aliphatic rings. The van der Waals surface area contributed by atoms with Gasteiger partial charge in [-0.15, -0.1) is 0 Å². The van der Waals surface area contributed by atoms with Crippen LogP contribution >= 0.6 is 0 Å². The SMILES string of the molecule is CNC(Cc1ccn(C(C)C)n1)C1C(C)(C)C1(C)C. The van der Waals surface area contributed by atoms with E-state index in [0.717, 1.165) is 6.42 Å². The number of likely N-dealkylation sites (N-methyl/N-ethyl adjacent to an activating group) is 1. The van der Waals surface area contributed by atoms with Crippen LogP contribution in [0.15, 0.2) is 12.3 Å². The Hall–Kier alpha value is -0.830. The van der Waals surface area contributed by atoms with Crippen molar-refractivity contribution in [1.82, 2.24) is 15.1 Å². The predicted octanol–water partition coefficient (Wildman–Crippen LogP) is 3.28. The molecule has 1 aromatic rings. The van der Waals surface area contributed by atoms with Gasteiger partial charge in [-0.3, -0.25) is 4.68 Å². The molecular formula is C16H29N3. The van der Waals surface area contributed by atoms with Crippen LogP contribution in [0.5, 0.6) is 0 Å². The molecule has 0 radical (unpaired) electrons. The van der Waals surface area contributed by atoms with Gasteiger partial charge in [-0.1, -0.05) is 27.7 Å². The molecule has 1 fully saturated rings. The van der Waals surface area contributed by atoms with Gasteiger partial charge in [-0.05, 0) is 43.7 Å². The molecule has 0 bridgehead atoms. The first-order chi connectivity index (χ1) is 8.71. The molecule has 1 aliphatic carbocycles. The molecule has 0 aromatic carbocycles. The summed E-state index contributed by atoms with van der Waals surface area (Å²) in [5.41, 5.74) is 2.04. The van der Waals surface area contributed by atoms with Gasteiger partial charge in [-0.25, -0.2) is 0 Å². The predicted molar refractivity (Wildman–Crippen MR) is 80.2 cm³/mol. The molecule has 1 N–H and O–H groups in total. The van der Waals surface area contributed by atoms with Crippen molar-refractivity contribution in [2.75, 3.05) is 7.05 Å². The minimum absolute atomic E-state index is 0.418. The molecule has 108 valence electrons. The van der Waals surface area contributed by atoms with E-state index in [2.05, 4.69) is 71.3 Å². The molecule has 3 heteroatoms. The highest BCUT2D eigenvalue weighted by Gasteiger charge is 2.66. The van der Waals surface area contributed by atoms with Crippen molar-refractivity contribution in [3.8, 4) is 0 Å². The molecule has 19 heavy (non-hydrogen) atoms. The second kappa shape index (κ2) is 4.62. The Morgan fingerprint density at radius 3 is 2.21 bits per heavy atom. The average Bonchev–Trinajstić information content (AvgIpc) is 2.70. The fraction of sp³-hybridized carbons (Fsp3) is 0.812. The molecular weight excluding hydrogens is 234 g/mol. The van der Waals surface area contributed by atoms with E-state index < -0.39 is 0 Å². The van der Waals surface area contributed by atoms with Gasteiger partial charge in [0.25, 0.3) is 0 Å². The third-order valence-corrected chi connectivity index (χ3v) is 5.53. The van der Waals surface area contributed by atoms with Crippen molar-refractivity contribution in [2.45, 2.75) is 60.0 Å². The maximum Gasteiger partial charge on any atom is 0.0640 e. The van der Waals surface area contributed by atoms with Crippen LogP contribution in [0, 0.1) is 16.7 Å². The van der Waals surface area contributed by atoms with E-state index >= 15 is 0 Å². The minimum atomic E-state index is 0.418. The van der Waals surface area contributed by atoms with E-state index in [1.807, 2.05) is 4.68 Å². The number of hydrogen-bond donors (Lipinski definition) is 1. The van der Waals surface area contributed by atoms with E-state index in [4.69, 9.17) is 0 Å². The quantitative estimate of drug-likeness (QED) is 0.883. The fourth-order valence-corrected chi connectivity index (χ4v) is 3.64.